The molecule has 3 heterocycles. The van der Waals surface area contributed by atoms with Crippen LogP contribution in [0.4, 0.5) is 0 Å². The van der Waals surface area contributed by atoms with Gasteiger partial charge in [-0.2, -0.15) is 0 Å². The molecule has 0 radical (unpaired) electrons. The van der Waals surface area contributed by atoms with Crippen molar-refractivity contribution in [2.45, 2.75) is 18.9 Å². The van der Waals surface area contributed by atoms with E-state index in [0.717, 1.165) is 40.9 Å². The van der Waals surface area contributed by atoms with E-state index in [1.165, 1.54) is 0 Å². The molecule has 7 nitrogen and oxygen atoms in total. The molecule has 0 saturated carbocycles. The highest BCUT2D eigenvalue weighted by Crippen LogP contribution is 2.38. The molecule has 1 amide bonds. The minimum atomic E-state index is 0.0592. The number of hydrogen-bond donors (Lipinski definition) is 1. The third-order valence-corrected chi connectivity index (χ3v) is 6.80. The van der Waals surface area contributed by atoms with Crippen molar-refractivity contribution >= 4 is 23.2 Å². The minimum Gasteiger partial charge on any atom is -0.496 e. The van der Waals surface area contributed by atoms with E-state index in [1.807, 2.05) is 58.1 Å². The van der Waals surface area contributed by atoms with Gasteiger partial charge in [0.1, 0.15) is 17.1 Å². The molecular formula is C27H27ClN4O3. The van der Waals surface area contributed by atoms with E-state index in [-0.39, 0.29) is 11.9 Å². The molecule has 1 saturated heterocycles. The summed E-state index contributed by atoms with van der Waals surface area (Å²) in [7, 11) is 3.17. The van der Waals surface area contributed by atoms with Crippen molar-refractivity contribution in [2.75, 3.05) is 27.3 Å². The SMILES string of the molecule is COc1cc(OC)c(-c2cn3ccc(-c4ccc(C(=O)N5CCC(N)CC5)cc4)cc3n2)cc1Cl. The molecular weight excluding hydrogens is 464 g/mol. The summed E-state index contributed by atoms with van der Waals surface area (Å²) in [6.45, 7) is 1.43. The second-order valence-electron chi connectivity index (χ2n) is 8.70. The predicted octanol–water partition coefficient (Wildman–Crippen LogP) is 4.90. The van der Waals surface area contributed by atoms with Crippen LogP contribution in [0.25, 0.3) is 28.0 Å². The van der Waals surface area contributed by atoms with Crippen molar-refractivity contribution in [3.63, 3.8) is 0 Å². The first-order valence-electron chi connectivity index (χ1n) is 11.5. The number of amides is 1. The van der Waals surface area contributed by atoms with Gasteiger partial charge in [0.2, 0.25) is 0 Å². The number of piperidine rings is 1. The Balaban J connectivity index is 1.41. The maximum absolute atomic E-state index is 12.8. The quantitative estimate of drug-likeness (QED) is 0.430. The average molecular weight is 491 g/mol. The maximum Gasteiger partial charge on any atom is 0.253 e. The van der Waals surface area contributed by atoms with Crippen molar-refractivity contribution in [1.82, 2.24) is 14.3 Å². The number of fused-ring (bicyclic) bond motifs is 1. The summed E-state index contributed by atoms with van der Waals surface area (Å²) >= 11 is 6.36. The van der Waals surface area contributed by atoms with Crippen molar-refractivity contribution in [2.24, 2.45) is 5.73 Å². The number of carbonyl (C=O) groups excluding carboxylic acids is 1. The molecule has 4 aromatic rings. The average Bonchev–Trinajstić information content (AvgIpc) is 3.32. The molecule has 0 bridgehead atoms. The topological polar surface area (TPSA) is 82.1 Å². The van der Waals surface area contributed by atoms with Crippen molar-refractivity contribution in [3.05, 3.63) is 71.5 Å². The van der Waals surface area contributed by atoms with Gasteiger partial charge >= 0.3 is 0 Å². The normalized spacial score (nSPS) is 14.3. The maximum atomic E-state index is 12.8. The van der Waals surface area contributed by atoms with Crippen LogP contribution in [0, 0.1) is 0 Å². The van der Waals surface area contributed by atoms with E-state index in [2.05, 4.69) is 0 Å². The first-order chi connectivity index (χ1) is 17.0. The van der Waals surface area contributed by atoms with Gasteiger partial charge in [-0.1, -0.05) is 23.7 Å². The van der Waals surface area contributed by atoms with Gasteiger partial charge in [-0.3, -0.25) is 4.79 Å². The predicted molar refractivity (Wildman–Crippen MR) is 137 cm³/mol. The highest BCUT2D eigenvalue weighted by atomic mass is 35.5. The molecule has 180 valence electrons. The van der Waals surface area contributed by atoms with Crippen LogP contribution in [-0.2, 0) is 0 Å². The molecule has 0 atom stereocenters. The molecule has 1 aliphatic heterocycles. The number of ether oxygens (including phenoxy) is 2. The highest BCUT2D eigenvalue weighted by molar-refractivity contribution is 6.32. The Labute approximate surface area is 209 Å². The molecule has 2 aromatic carbocycles. The van der Waals surface area contributed by atoms with E-state index < -0.39 is 0 Å². The van der Waals surface area contributed by atoms with Crippen LogP contribution >= 0.6 is 11.6 Å². The van der Waals surface area contributed by atoms with Gasteiger partial charge in [0.15, 0.2) is 0 Å². The Morgan fingerprint density at radius 1 is 1.00 bits per heavy atom. The Kier molecular flexibility index (Phi) is 6.36. The minimum absolute atomic E-state index is 0.0592. The molecule has 5 rings (SSSR count). The largest absolute Gasteiger partial charge is 0.496 e. The number of rotatable bonds is 5. The fourth-order valence-corrected chi connectivity index (χ4v) is 4.68. The molecule has 1 fully saturated rings. The zero-order chi connectivity index (χ0) is 24.5. The number of methoxy groups -OCH3 is 2. The van der Waals surface area contributed by atoms with E-state index in [1.54, 1.807) is 26.4 Å². The van der Waals surface area contributed by atoms with Gasteiger partial charge < -0.3 is 24.5 Å². The van der Waals surface area contributed by atoms with E-state index in [0.29, 0.717) is 35.2 Å². The second kappa shape index (κ2) is 9.60. The standard InChI is InChI=1S/C27H27ClN4O3/c1-34-24-15-25(35-2)22(28)14-21(24)23-16-32-10-7-19(13-26(32)30-23)17-3-5-18(6-4-17)27(33)31-11-8-20(29)9-12-31/h3-7,10,13-16,20H,8-9,11-12,29H2,1-2H3. The Morgan fingerprint density at radius 3 is 2.40 bits per heavy atom. The van der Waals surface area contributed by atoms with Gasteiger partial charge in [0.25, 0.3) is 5.91 Å². The lowest BCUT2D eigenvalue weighted by Crippen LogP contribution is -2.42. The zero-order valence-corrected chi connectivity index (χ0v) is 20.5. The van der Waals surface area contributed by atoms with E-state index in [4.69, 9.17) is 31.8 Å². The Bertz CT molecular complexity index is 1380. The van der Waals surface area contributed by atoms with Crippen LogP contribution in [-0.4, -0.2) is 53.5 Å². The summed E-state index contributed by atoms with van der Waals surface area (Å²) in [5, 5.41) is 0.489. The lowest BCUT2D eigenvalue weighted by molar-refractivity contribution is 0.0715. The fraction of sp³-hybridized carbons (Fsp3) is 0.259. The van der Waals surface area contributed by atoms with Crippen LogP contribution in [0.2, 0.25) is 5.02 Å². The molecule has 1 aliphatic rings. The molecule has 8 heteroatoms. The summed E-state index contributed by atoms with van der Waals surface area (Å²) in [4.78, 5) is 19.5. The molecule has 2 N–H and O–H groups in total. The van der Waals surface area contributed by atoms with Gasteiger partial charge in [-0.05, 0) is 54.3 Å². The first-order valence-corrected chi connectivity index (χ1v) is 11.9. The smallest absolute Gasteiger partial charge is 0.253 e. The van der Waals surface area contributed by atoms with Crippen molar-refractivity contribution < 1.29 is 14.3 Å². The number of nitrogens with zero attached hydrogens (tertiary/aromatic N) is 3. The second-order valence-corrected chi connectivity index (χ2v) is 9.11. The summed E-state index contributed by atoms with van der Waals surface area (Å²) < 4.78 is 12.8. The van der Waals surface area contributed by atoms with Gasteiger partial charge in [-0.15, -0.1) is 0 Å². The zero-order valence-electron chi connectivity index (χ0n) is 19.7. The number of likely N-dealkylation sites (tertiary alicyclic amines) is 1. The highest BCUT2D eigenvalue weighted by Gasteiger charge is 2.21. The van der Waals surface area contributed by atoms with Crippen molar-refractivity contribution in [3.8, 4) is 33.9 Å². The molecule has 35 heavy (non-hydrogen) atoms. The molecule has 0 spiro atoms. The monoisotopic (exact) mass is 490 g/mol. The number of hydrogen-bond acceptors (Lipinski definition) is 5. The Hall–Kier alpha value is -3.55. The number of aromatic nitrogens is 2. The molecule has 2 aromatic heterocycles. The van der Waals surface area contributed by atoms with Gasteiger partial charge in [0, 0.05) is 48.7 Å². The lowest BCUT2D eigenvalue weighted by atomic mass is 10.0. The number of carbonyl (C=O) groups is 1. The number of imidazole rings is 1. The first kappa shape index (κ1) is 23.2. The van der Waals surface area contributed by atoms with Crippen LogP contribution in [0.3, 0.4) is 0 Å². The fourth-order valence-electron chi connectivity index (χ4n) is 4.44. The Morgan fingerprint density at radius 2 is 1.71 bits per heavy atom. The van der Waals surface area contributed by atoms with Crippen LogP contribution in [0.15, 0.2) is 60.9 Å². The van der Waals surface area contributed by atoms with E-state index in [9.17, 15) is 4.79 Å². The number of pyridine rings is 1. The van der Waals surface area contributed by atoms with Crippen LogP contribution in [0.1, 0.15) is 23.2 Å². The van der Waals surface area contributed by atoms with Gasteiger partial charge in [-0.25, -0.2) is 4.98 Å². The number of halogens is 1. The number of nitrogens with two attached hydrogens (primary N) is 1. The summed E-state index contributed by atoms with van der Waals surface area (Å²) in [6, 6.07) is 15.5. The molecule has 0 aliphatic carbocycles. The summed E-state index contributed by atoms with van der Waals surface area (Å²) in [5.41, 5.74) is 11.0. The van der Waals surface area contributed by atoms with Crippen LogP contribution in [0.5, 0.6) is 11.5 Å². The third kappa shape index (κ3) is 4.57. The summed E-state index contributed by atoms with van der Waals surface area (Å²) in [5.74, 6) is 1.24. The van der Waals surface area contributed by atoms with Crippen molar-refractivity contribution in [1.29, 1.82) is 0 Å². The van der Waals surface area contributed by atoms with Gasteiger partial charge in [0.05, 0.1) is 24.9 Å². The molecule has 0 unspecified atom stereocenters. The number of benzene rings is 2. The summed E-state index contributed by atoms with van der Waals surface area (Å²) in [6.07, 6.45) is 5.61. The lowest BCUT2D eigenvalue weighted by Gasteiger charge is -2.30. The van der Waals surface area contributed by atoms with Crippen LogP contribution < -0.4 is 15.2 Å². The third-order valence-electron chi connectivity index (χ3n) is 6.50. The van der Waals surface area contributed by atoms with E-state index >= 15 is 0 Å².